The van der Waals surface area contributed by atoms with Crippen molar-refractivity contribution in [1.29, 1.82) is 0 Å². The molecule has 0 spiro atoms. The Morgan fingerprint density at radius 1 is 1.00 bits per heavy atom. The van der Waals surface area contributed by atoms with Gasteiger partial charge in [-0.2, -0.15) is 4.98 Å². The van der Waals surface area contributed by atoms with Crippen molar-refractivity contribution < 1.29 is 9.26 Å². The number of rotatable bonds is 5. The SMILES string of the molecule is Cl.c1ccc(COc2ccc3cc(-c4noc([C@@H]5CCCN5)n4)ccc3c2)cc1. The number of benzene rings is 3. The molecule has 0 amide bonds. The number of aromatic nitrogens is 2. The van der Waals surface area contributed by atoms with Crippen LogP contribution in [0.4, 0.5) is 0 Å². The van der Waals surface area contributed by atoms with Crippen LogP contribution in [0.25, 0.3) is 22.2 Å². The van der Waals surface area contributed by atoms with Crippen molar-refractivity contribution in [2.45, 2.75) is 25.5 Å². The largest absolute Gasteiger partial charge is 0.489 e. The lowest BCUT2D eigenvalue weighted by atomic mass is 10.1. The second-order valence-corrected chi connectivity index (χ2v) is 7.10. The van der Waals surface area contributed by atoms with E-state index in [-0.39, 0.29) is 18.4 Å². The van der Waals surface area contributed by atoms with Gasteiger partial charge in [-0.25, -0.2) is 0 Å². The van der Waals surface area contributed by atoms with Crippen LogP contribution in [0.1, 0.15) is 30.3 Å². The molecule has 1 N–H and O–H groups in total. The van der Waals surface area contributed by atoms with Gasteiger partial charge >= 0.3 is 0 Å². The third kappa shape index (κ3) is 4.26. The van der Waals surface area contributed by atoms with Crippen LogP contribution in [-0.4, -0.2) is 16.7 Å². The maximum absolute atomic E-state index is 5.93. The van der Waals surface area contributed by atoms with Gasteiger partial charge in [0.25, 0.3) is 0 Å². The Bertz CT molecular complexity index is 1090. The molecule has 4 aromatic rings. The number of hydrogen-bond donors (Lipinski definition) is 1. The van der Waals surface area contributed by atoms with Gasteiger partial charge < -0.3 is 14.6 Å². The molecule has 1 fully saturated rings. The maximum atomic E-state index is 5.93. The number of ether oxygens (including phenoxy) is 1. The van der Waals surface area contributed by atoms with Crippen LogP contribution in [0.3, 0.4) is 0 Å². The lowest BCUT2D eigenvalue weighted by molar-refractivity contribution is 0.306. The standard InChI is InChI=1S/C23H21N3O2.ClH/c1-2-5-16(6-3-1)15-27-20-11-10-17-13-19(9-8-18(17)14-20)22-25-23(28-26-22)21-7-4-12-24-21;/h1-3,5-6,8-11,13-14,21,24H,4,7,12,15H2;1H/t21-;/m0./s1. The van der Waals surface area contributed by atoms with Crippen LogP contribution in [0, 0.1) is 0 Å². The first-order valence-electron chi connectivity index (χ1n) is 9.63. The zero-order valence-electron chi connectivity index (χ0n) is 15.9. The molecule has 0 unspecified atom stereocenters. The summed E-state index contributed by atoms with van der Waals surface area (Å²) in [5.74, 6) is 2.17. The molecule has 1 aliphatic rings. The molecule has 2 heterocycles. The van der Waals surface area contributed by atoms with E-state index < -0.39 is 0 Å². The normalized spacial score (nSPS) is 15.9. The van der Waals surface area contributed by atoms with E-state index in [1.165, 1.54) is 0 Å². The Morgan fingerprint density at radius 3 is 2.66 bits per heavy atom. The van der Waals surface area contributed by atoms with Crippen molar-refractivity contribution in [1.82, 2.24) is 15.5 Å². The molecule has 1 atom stereocenters. The van der Waals surface area contributed by atoms with Gasteiger partial charge in [-0.15, -0.1) is 12.4 Å². The fourth-order valence-electron chi connectivity index (χ4n) is 3.58. The summed E-state index contributed by atoms with van der Waals surface area (Å²) in [4.78, 5) is 4.58. The lowest BCUT2D eigenvalue weighted by Gasteiger charge is -2.08. The smallest absolute Gasteiger partial charge is 0.244 e. The van der Waals surface area contributed by atoms with Crippen LogP contribution in [0.5, 0.6) is 5.75 Å². The average Bonchev–Trinajstić information content (AvgIpc) is 3.44. The lowest BCUT2D eigenvalue weighted by Crippen LogP contribution is -2.12. The Labute approximate surface area is 175 Å². The van der Waals surface area contributed by atoms with Crippen LogP contribution in [-0.2, 0) is 6.61 Å². The van der Waals surface area contributed by atoms with Gasteiger partial charge in [-0.3, -0.25) is 0 Å². The van der Waals surface area contributed by atoms with E-state index in [9.17, 15) is 0 Å². The zero-order chi connectivity index (χ0) is 18.8. The minimum Gasteiger partial charge on any atom is -0.489 e. The van der Waals surface area contributed by atoms with Crippen molar-refractivity contribution in [3.63, 3.8) is 0 Å². The fraction of sp³-hybridized carbons (Fsp3) is 0.217. The van der Waals surface area contributed by atoms with Crippen LogP contribution >= 0.6 is 12.4 Å². The minimum atomic E-state index is 0. The maximum Gasteiger partial charge on any atom is 0.244 e. The molecule has 0 aliphatic carbocycles. The fourth-order valence-corrected chi connectivity index (χ4v) is 3.58. The van der Waals surface area contributed by atoms with Crippen LogP contribution in [0.2, 0.25) is 0 Å². The molecule has 29 heavy (non-hydrogen) atoms. The number of nitrogens with one attached hydrogen (secondary N) is 1. The quantitative estimate of drug-likeness (QED) is 0.485. The summed E-state index contributed by atoms with van der Waals surface area (Å²) in [6.07, 6.45) is 2.19. The second-order valence-electron chi connectivity index (χ2n) is 7.10. The molecule has 1 aromatic heterocycles. The highest BCUT2D eigenvalue weighted by molar-refractivity contribution is 5.87. The average molecular weight is 408 g/mol. The summed E-state index contributed by atoms with van der Waals surface area (Å²) in [6.45, 7) is 1.57. The molecule has 3 aromatic carbocycles. The number of fused-ring (bicyclic) bond motifs is 1. The summed E-state index contributed by atoms with van der Waals surface area (Å²) >= 11 is 0. The third-order valence-corrected chi connectivity index (χ3v) is 5.12. The van der Waals surface area contributed by atoms with Gasteiger partial charge in [0.05, 0.1) is 6.04 Å². The zero-order valence-corrected chi connectivity index (χ0v) is 16.7. The Kier molecular flexibility index (Phi) is 5.79. The Hall–Kier alpha value is -2.89. The predicted octanol–water partition coefficient (Wildman–Crippen LogP) is 5.32. The van der Waals surface area contributed by atoms with Crippen LogP contribution in [0.15, 0.2) is 71.3 Å². The first kappa shape index (κ1) is 19.4. The van der Waals surface area contributed by atoms with Crippen molar-refractivity contribution in [2.75, 3.05) is 6.54 Å². The van der Waals surface area contributed by atoms with Crippen molar-refractivity contribution in [3.05, 3.63) is 78.2 Å². The molecular formula is C23H22ClN3O2. The van der Waals surface area contributed by atoms with Crippen molar-refractivity contribution >= 4 is 23.2 Å². The third-order valence-electron chi connectivity index (χ3n) is 5.12. The minimum absolute atomic E-state index is 0. The first-order chi connectivity index (χ1) is 13.8. The molecule has 1 saturated heterocycles. The topological polar surface area (TPSA) is 60.2 Å². The molecule has 0 bridgehead atoms. The van der Waals surface area contributed by atoms with E-state index in [1.54, 1.807) is 0 Å². The summed E-state index contributed by atoms with van der Waals surface area (Å²) in [6, 6.07) is 22.7. The number of hydrogen-bond acceptors (Lipinski definition) is 5. The van der Waals surface area contributed by atoms with Gasteiger partial charge in [0.2, 0.25) is 11.7 Å². The highest BCUT2D eigenvalue weighted by Crippen LogP contribution is 2.28. The van der Waals surface area contributed by atoms with Crippen LogP contribution < -0.4 is 10.1 Å². The molecule has 0 saturated carbocycles. The molecular weight excluding hydrogens is 386 g/mol. The highest BCUT2D eigenvalue weighted by Gasteiger charge is 2.22. The summed E-state index contributed by atoms with van der Waals surface area (Å²) < 4.78 is 11.4. The second kappa shape index (κ2) is 8.64. The van der Waals surface area contributed by atoms with Gasteiger partial charge in [0, 0.05) is 5.56 Å². The van der Waals surface area contributed by atoms with E-state index in [2.05, 4.69) is 51.9 Å². The molecule has 0 radical (unpaired) electrons. The van der Waals surface area contributed by atoms with E-state index in [1.807, 2.05) is 30.3 Å². The van der Waals surface area contributed by atoms with Crippen molar-refractivity contribution in [2.24, 2.45) is 0 Å². The van der Waals surface area contributed by atoms with Gasteiger partial charge in [-0.1, -0.05) is 53.7 Å². The van der Waals surface area contributed by atoms with Gasteiger partial charge in [0.15, 0.2) is 0 Å². The first-order valence-corrected chi connectivity index (χ1v) is 9.63. The van der Waals surface area contributed by atoms with E-state index in [4.69, 9.17) is 9.26 Å². The summed E-state index contributed by atoms with van der Waals surface area (Å²) in [7, 11) is 0. The molecule has 5 nitrogen and oxygen atoms in total. The van der Waals surface area contributed by atoms with Gasteiger partial charge in [0.1, 0.15) is 12.4 Å². The van der Waals surface area contributed by atoms with Gasteiger partial charge in [-0.05, 0) is 53.9 Å². The predicted molar refractivity (Wildman–Crippen MR) is 115 cm³/mol. The monoisotopic (exact) mass is 407 g/mol. The Morgan fingerprint density at radius 2 is 1.83 bits per heavy atom. The van der Waals surface area contributed by atoms with Crippen molar-refractivity contribution in [3.8, 4) is 17.1 Å². The molecule has 1 aliphatic heterocycles. The molecule has 5 rings (SSSR count). The molecule has 148 valence electrons. The van der Waals surface area contributed by atoms with E-state index in [0.29, 0.717) is 18.3 Å². The van der Waals surface area contributed by atoms with E-state index in [0.717, 1.165) is 47.0 Å². The van der Waals surface area contributed by atoms with E-state index >= 15 is 0 Å². The highest BCUT2D eigenvalue weighted by atomic mass is 35.5. The summed E-state index contributed by atoms with van der Waals surface area (Å²) in [5, 5.41) is 9.80. The molecule has 6 heteroatoms. The summed E-state index contributed by atoms with van der Waals surface area (Å²) in [5.41, 5.74) is 2.11. The number of nitrogens with zero attached hydrogens (tertiary/aromatic N) is 2. The number of halogens is 1. The Balaban J connectivity index is 0.00000205.